The standard InChI is InChI=1S/C20H24F2N6OS/c1-12-9-14(25-24-12)17-18-19(30-26-17)15(27-5-3-20(21,22)4-6-27)10-16(23-18)28-7-8-29-11-13(28)2/h9-10,13H,3-8,11H2,1-2H3,(H,24,25)/t13-/m1/s1. The maximum absolute atomic E-state index is 13.8. The molecule has 160 valence electrons. The molecule has 10 heteroatoms. The quantitative estimate of drug-likeness (QED) is 0.675. The van der Waals surface area contributed by atoms with Gasteiger partial charge in [-0.1, -0.05) is 0 Å². The number of hydrogen-bond acceptors (Lipinski definition) is 7. The number of H-pyrrole nitrogens is 1. The van der Waals surface area contributed by atoms with Crippen molar-refractivity contribution in [2.45, 2.75) is 38.7 Å². The minimum absolute atomic E-state index is 0.133. The molecule has 1 atom stereocenters. The van der Waals surface area contributed by atoms with Gasteiger partial charge in [0, 0.05) is 38.5 Å². The Balaban J connectivity index is 1.63. The normalized spacial score (nSPS) is 22.1. The summed E-state index contributed by atoms with van der Waals surface area (Å²) in [6, 6.07) is 4.17. The number of hydrogen-bond donors (Lipinski definition) is 1. The van der Waals surface area contributed by atoms with Gasteiger partial charge in [-0.3, -0.25) is 5.10 Å². The van der Waals surface area contributed by atoms with E-state index in [1.54, 1.807) is 0 Å². The highest BCUT2D eigenvalue weighted by molar-refractivity contribution is 7.14. The van der Waals surface area contributed by atoms with Crippen molar-refractivity contribution < 1.29 is 13.5 Å². The Hall–Kier alpha value is -2.33. The second kappa shape index (κ2) is 7.42. The topological polar surface area (TPSA) is 70.2 Å². The summed E-state index contributed by atoms with van der Waals surface area (Å²) in [7, 11) is 0. The molecule has 0 amide bonds. The summed E-state index contributed by atoms with van der Waals surface area (Å²) in [4.78, 5) is 9.25. The lowest BCUT2D eigenvalue weighted by Gasteiger charge is -2.36. The van der Waals surface area contributed by atoms with Crippen LogP contribution in [0.4, 0.5) is 20.3 Å². The molecule has 2 aliphatic rings. The van der Waals surface area contributed by atoms with Crippen molar-refractivity contribution >= 4 is 33.3 Å². The fourth-order valence-corrected chi connectivity index (χ4v) is 5.01. The molecule has 0 unspecified atom stereocenters. The lowest BCUT2D eigenvalue weighted by atomic mass is 10.1. The summed E-state index contributed by atoms with van der Waals surface area (Å²) >= 11 is 1.36. The Morgan fingerprint density at radius 2 is 2.03 bits per heavy atom. The number of rotatable bonds is 3. The minimum Gasteiger partial charge on any atom is -0.377 e. The molecule has 0 aliphatic carbocycles. The van der Waals surface area contributed by atoms with Crippen molar-refractivity contribution in [2.75, 3.05) is 42.6 Å². The monoisotopic (exact) mass is 434 g/mol. The van der Waals surface area contributed by atoms with Crippen LogP contribution in [0.1, 0.15) is 25.5 Å². The van der Waals surface area contributed by atoms with Crippen molar-refractivity contribution in [3.63, 3.8) is 0 Å². The molecule has 3 aromatic rings. The molecule has 2 aliphatic heterocycles. The van der Waals surface area contributed by atoms with E-state index in [1.165, 1.54) is 11.5 Å². The maximum Gasteiger partial charge on any atom is 0.251 e. The first-order valence-electron chi connectivity index (χ1n) is 10.2. The number of alkyl halides is 2. The molecular weight excluding hydrogens is 410 g/mol. The van der Waals surface area contributed by atoms with Gasteiger partial charge in [0.25, 0.3) is 5.92 Å². The van der Waals surface area contributed by atoms with Crippen LogP contribution in [0.5, 0.6) is 0 Å². The number of morpholine rings is 1. The van der Waals surface area contributed by atoms with Gasteiger partial charge >= 0.3 is 0 Å². The van der Waals surface area contributed by atoms with Gasteiger partial charge in [-0.25, -0.2) is 13.8 Å². The fourth-order valence-electron chi connectivity index (χ4n) is 4.14. The van der Waals surface area contributed by atoms with Crippen molar-refractivity contribution in [3.8, 4) is 11.4 Å². The van der Waals surface area contributed by atoms with Crippen LogP contribution in [0.15, 0.2) is 12.1 Å². The highest BCUT2D eigenvalue weighted by Crippen LogP contribution is 2.40. The van der Waals surface area contributed by atoms with Crippen molar-refractivity contribution in [3.05, 3.63) is 17.8 Å². The van der Waals surface area contributed by atoms with Gasteiger partial charge in [0.05, 0.1) is 41.0 Å². The number of aromatic amines is 1. The third kappa shape index (κ3) is 3.51. The predicted octanol–water partition coefficient (Wildman–Crippen LogP) is 3.85. The number of fused-ring (bicyclic) bond motifs is 1. The number of halogens is 2. The summed E-state index contributed by atoms with van der Waals surface area (Å²) in [6.07, 6.45) is -0.267. The highest BCUT2D eigenvalue weighted by atomic mass is 32.1. The summed E-state index contributed by atoms with van der Waals surface area (Å²) in [5.41, 5.74) is 4.16. The van der Waals surface area contributed by atoms with E-state index in [0.29, 0.717) is 26.3 Å². The van der Waals surface area contributed by atoms with Gasteiger partial charge in [-0.2, -0.15) is 9.47 Å². The van der Waals surface area contributed by atoms with Gasteiger partial charge in [0.1, 0.15) is 17.0 Å². The Labute approximate surface area is 177 Å². The van der Waals surface area contributed by atoms with E-state index in [4.69, 9.17) is 9.72 Å². The Morgan fingerprint density at radius 3 is 2.73 bits per heavy atom. The number of nitrogens with zero attached hydrogens (tertiary/aromatic N) is 5. The van der Waals surface area contributed by atoms with Crippen LogP contribution in [-0.4, -0.2) is 64.4 Å². The number of aromatic nitrogens is 4. The average molecular weight is 435 g/mol. The number of ether oxygens (including phenoxy) is 1. The van der Waals surface area contributed by atoms with Crippen LogP contribution in [0.2, 0.25) is 0 Å². The van der Waals surface area contributed by atoms with Crippen LogP contribution in [-0.2, 0) is 4.74 Å². The summed E-state index contributed by atoms with van der Waals surface area (Å²) < 4.78 is 38.7. The zero-order valence-corrected chi connectivity index (χ0v) is 17.8. The highest BCUT2D eigenvalue weighted by Gasteiger charge is 2.35. The minimum atomic E-state index is -2.59. The number of aryl methyl sites for hydroxylation is 1. The van der Waals surface area contributed by atoms with Crippen LogP contribution in [0, 0.1) is 6.92 Å². The first kappa shape index (κ1) is 19.6. The second-order valence-corrected chi connectivity index (χ2v) is 8.87. The lowest BCUT2D eigenvalue weighted by molar-refractivity contribution is -0.0220. The molecule has 5 heterocycles. The van der Waals surface area contributed by atoms with Crippen LogP contribution >= 0.6 is 11.5 Å². The largest absolute Gasteiger partial charge is 0.377 e. The Kier molecular flexibility index (Phi) is 4.85. The van der Waals surface area contributed by atoms with E-state index in [2.05, 4.69) is 31.3 Å². The van der Waals surface area contributed by atoms with E-state index in [9.17, 15) is 8.78 Å². The van der Waals surface area contributed by atoms with Gasteiger partial charge < -0.3 is 14.5 Å². The van der Waals surface area contributed by atoms with Gasteiger partial charge in [-0.15, -0.1) is 0 Å². The molecule has 1 N–H and O–H groups in total. The van der Waals surface area contributed by atoms with E-state index in [1.807, 2.05) is 19.1 Å². The SMILES string of the molecule is Cc1cc(-c2nsc3c(N4CCC(F)(F)CC4)cc(N4CCOC[C@H]4C)nc23)[nH]n1. The van der Waals surface area contributed by atoms with Crippen LogP contribution in [0.25, 0.3) is 21.6 Å². The third-order valence-electron chi connectivity index (χ3n) is 5.85. The van der Waals surface area contributed by atoms with Crippen LogP contribution in [0.3, 0.4) is 0 Å². The Morgan fingerprint density at radius 1 is 1.23 bits per heavy atom. The summed E-state index contributed by atoms with van der Waals surface area (Å²) in [5, 5.41) is 7.25. The maximum atomic E-state index is 13.8. The third-order valence-corrected chi connectivity index (χ3v) is 6.71. The fraction of sp³-hybridized carbons (Fsp3) is 0.550. The van der Waals surface area contributed by atoms with Crippen molar-refractivity contribution in [1.29, 1.82) is 0 Å². The first-order chi connectivity index (χ1) is 14.4. The molecule has 0 spiro atoms. The molecule has 0 saturated carbocycles. The molecule has 5 rings (SSSR count). The number of pyridine rings is 1. The van der Waals surface area contributed by atoms with Crippen LogP contribution < -0.4 is 9.80 Å². The zero-order valence-electron chi connectivity index (χ0n) is 17.0. The molecule has 30 heavy (non-hydrogen) atoms. The number of anilines is 2. The van der Waals surface area contributed by atoms with Crippen molar-refractivity contribution in [2.24, 2.45) is 0 Å². The van der Waals surface area contributed by atoms with E-state index in [0.717, 1.165) is 45.3 Å². The number of piperidine rings is 1. The molecule has 0 aromatic carbocycles. The second-order valence-electron chi connectivity index (χ2n) is 8.09. The van der Waals surface area contributed by atoms with Gasteiger partial charge in [0.15, 0.2) is 0 Å². The predicted molar refractivity (Wildman–Crippen MR) is 114 cm³/mol. The van der Waals surface area contributed by atoms with Gasteiger partial charge in [-0.05, 0) is 31.4 Å². The molecular formula is C20H24F2N6OS. The number of nitrogens with one attached hydrogen (secondary N) is 1. The van der Waals surface area contributed by atoms with E-state index < -0.39 is 5.92 Å². The molecule has 2 fully saturated rings. The smallest absolute Gasteiger partial charge is 0.251 e. The zero-order chi connectivity index (χ0) is 20.9. The van der Waals surface area contributed by atoms with Gasteiger partial charge in [0.2, 0.25) is 0 Å². The molecule has 0 radical (unpaired) electrons. The van der Waals surface area contributed by atoms with E-state index >= 15 is 0 Å². The average Bonchev–Trinajstić information content (AvgIpc) is 3.33. The summed E-state index contributed by atoms with van der Waals surface area (Å²) in [6.45, 7) is 6.69. The lowest BCUT2D eigenvalue weighted by Crippen LogP contribution is -2.44. The molecule has 7 nitrogen and oxygen atoms in total. The molecule has 2 saturated heterocycles. The first-order valence-corrected chi connectivity index (χ1v) is 11.0. The molecule has 3 aromatic heterocycles. The van der Waals surface area contributed by atoms with Crippen molar-refractivity contribution in [1.82, 2.24) is 19.6 Å². The van der Waals surface area contributed by atoms with E-state index in [-0.39, 0.29) is 18.9 Å². The Bertz CT molecular complexity index is 1060. The summed E-state index contributed by atoms with van der Waals surface area (Å²) in [5.74, 6) is -1.75. The molecule has 0 bridgehead atoms.